The summed E-state index contributed by atoms with van der Waals surface area (Å²) in [5.74, 6) is -0.459. The van der Waals surface area contributed by atoms with Crippen molar-refractivity contribution in [3.05, 3.63) is 30.3 Å². The molecule has 2 N–H and O–H groups in total. The maximum absolute atomic E-state index is 12.4. The van der Waals surface area contributed by atoms with Gasteiger partial charge in [-0.25, -0.2) is 0 Å². The zero-order valence-electron chi connectivity index (χ0n) is 13.0. The number of rotatable bonds is 6. The molecule has 0 radical (unpaired) electrons. The summed E-state index contributed by atoms with van der Waals surface area (Å²) in [5, 5.41) is 0. The van der Waals surface area contributed by atoms with Crippen molar-refractivity contribution in [2.45, 2.75) is 32.7 Å². The van der Waals surface area contributed by atoms with Crippen LogP contribution in [0.4, 0.5) is 5.69 Å². The van der Waals surface area contributed by atoms with Gasteiger partial charge in [-0.3, -0.25) is 20.4 Å². The number of hydrogen-bond acceptors (Lipinski definition) is 4. The van der Waals surface area contributed by atoms with Crippen molar-refractivity contribution >= 4 is 17.5 Å². The van der Waals surface area contributed by atoms with Gasteiger partial charge in [0.05, 0.1) is 18.2 Å². The zero-order valence-corrected chi connectivity index (χ0v) is 13.0. The summed E-state index contributed by atoms with van der Waals surface area (Å²) in [7, 11) is 0. The fourth-order valence-corrected chi connectivity index (χ4v) is 2.43. The smallest absolute Gasteiger partial charge is 0.261 e. The van der Waals surface area contributed by atoms with Crippen LogP contribution in [0.2, 0.25) is 0 Å². The molecule has 1 fully saturated rings. The summed E-state index contributed by atoms with van der Waals surface area (Å²) in [5.41, 5.74) is 6.34. The highest BCUT2D eigenvalue weighted by Crippen LogP contribution is 2.17. The first-order chi connectivity index (χ1) is 10.6. The van der Waals surface area contributed by atoms with Gasteiger partial charge >= 0.3 is 0 Å². The Morgan fingerprint density at radius 1 is 1.41 bits per heavy atom. The van der Waals surface area contributed by atoms with Crippen molar-refractivity contribution in [2.24, 2.45) is 5.92 Å². The Labute approximate surface area is 130 Å². The molecule has 2 amide bonds. The molecule has 0 bridgehead atoms. The van der Waals surface area contributed by atoms with Gasteiger partial charge in [-0.1, -0.05) is 38.5 Å². The molecule has 1 heterocycles. The van der Waals surface area contributed by atoms with Crippen molar-refractivity contribution in [3.63, 3.8) is 0 Å². The number of anilines is 1. The lowest BCUT2D eigenvalue weighted by atomic mass is 10.1. The van der Waals surface area contributed by atoms with E-state index in [9.17, 15) is 9.59 Å². The van der Waals surface area contributed by atoms with Crippen LogP contribution in [0.1, 0.15) is 26.7 Å². The SMILES string of the molecule is CCC[C@@H](C(=O)NNc1ccccc1)N1COCC(C)C1=O. The standard InChI is InChI=1S/C16H23N3O3/c1-3-7-14(19-11-22-10-12(2)16(19)21)15(20)18-17-13-8-5-4-6-9-13/h4-6,8-9,12,14,17H,3,7,10-11H2,1-2H3,(H,18,20)/t12?,14-/m0/s1. The van der Waals surface area contributed by atoms with Crippen molar-refractivity contribution in [1.82, 2.24) is 10.3 Å². The van der Waals surface area contributed by atoms with E-state index in [1.807, 2.05) is 44.2 Å². The third-order valence-electron chi connectivity index (χ3n) is 3.65. The number of carbonyl (C=O) groups excluding carboxylic acids is 2. The maximum Gasteiger partial charge on any atom is 0.261 e. The number of hydrogen-bond donors (Lipinski definition) is 2. The highest BCUT2D eigenvalue weighted by atomic mass is 16.5. The third-order valence-corrected chi connectivity index (χ3v) is 3.65. The maximum atomic E-state index is 12.4. The molecule has 6 nitrogen and oxygen atoms in total. The van der Waals surface area contributed by atoms with Crippen LogP contribution in [0, 0.1) is 5.92 Å². The Morgan fingerprint density at radius 3 is 2.82 bits per heavy atom. The molecule has 22 heavy (non-hydrogen) atoms. The molecular formula is C16H23N3O3. The lowest BCUT2D eigenvalue weighted by molar-refractivity contribution is -0.161. The molecule has 0 spiro atoms. The molecule has 2 rings (SSSR count). The van der Waals surface area contributed by atoms with E-state index in [1.165, 1.54) is 4.90 Å². The first-order valence-corrected chi connectivity index (χ1v) is 7.62. The second-order valence-electron chi connectivity index (χ2n) is 5.49. The fourth-order valence-electron chi connectivity index (χ4n) is 2.43. The normalized spacial score (nSPS) is 19.6. The Balaban J connectivity index is 2.00. The van der Waals surface area contributed by atoms with Gasteiger partial charge in [-0.05, 0) is 18.6 Å². The number of hydrazine groups is 1. The number of amides is 2. The van der Waals surface area contributed by atoms with Crippen LogP contribution in [-0.4, -0.2) is 36.1 Å². The Kier molecular flexibility index (Phi) is 5.77. The van der Waals surface area contributed by atoms with E-state index in [0.717, 1.165) is 12.1 Å². The quantitative estimate of drug-likeness (QED) is 0.786. The first kappa shape index (κ1) is 16.3. The lowest BCUT2D eigenvalue weighted by Crippen LogP contribution is -2.55. The highest BCUT2D eigenvalue weighted by molar-refractivity contribution is 5.89. The van der Waals surface area contributed by atoms with E-state index < -0.39 is 6.04 Å². The van der Waals surface area contributed by atoms with Gasteiger partial charge in [-0.2, -0.15) is 0 Å². The molecular weight excluding hydrogens is 282 g/mol. The lowest BCUT2D eigenvalue weighted by Gasteiger charge is -2.36. The number of nitrogens with one attached hydrogen (secondary N) is 2. The van der Waals surface area contributed by atoms with Crippen LogP contribution in [0.15, 0.2) is 30.3 Å². The van der Waals surface area contributed by atoms with Gasteiger partial charge in [0, 0.05) is 0 Å². The van der Waals surface area contributed by atoms with Crippen molar-refractivity contribution in [1.29, 1.82) is 0 Å². The monoisotopic (exact) mass is 305 g/mol. The van der Waals surface area contributed by atoms with E-state index >= 15 is 0 Å². The Morgan fingerprint density at radius 2 is 2.14 bits per heavy atom. The summed E-state index contributed by atoms with van der Waals surface area (Å²) in [4.78, 5) is 26.2. The summed E-state index contributed by atoms with van der Waals surface area (Å²) in [6.07, 6.45) is 1.41. The minimum Gasteiger partial charge on any atom is -0.360 e. The van der Waals surface area contributed by atoms with Gasteiger partial charge in [0.2, 0.25) is 5.91 Å². The van der Waals surface area contributed by atoms with Gasteiger partial charge < -0.3 is 9.64 Å². The van der Waals surface area contributed by atoms with Crippen molar-refractivity contribution < 1.29 is 14.3 Å². The van der Waals surface area contributed by atoms with E-state index in [2.05, 4.69) is 10.9 Å². The second-order valence-corrected chi connectivity index (χ2v) is 5.49. The minimum atomic E-state index is -0.517. The second kappa shape index (κ2) is 7.79. The molecule has 2 atom stereocenters. The molecule has 1 aromatic rings. The molecule has 0 aliphatic carbocycles. The largest absolute Gasteiger partial charge is 0.360 e. The van der Waals surface area contributed by atoms with Gasteiger partial charge in [0.25, 0.3) is 5.91 Å². The molecule has 1 saturated heterocycles. The fraction of sp³-hybridized carbons (Fsp3) is 0.500. The number of carbonyl (C=O) groups is 2. The number of benzene rings is 1. The molecule has 1 aliphatic rings. The van der Waals surface area contributed by atoms with Crippen molar-refractivity contribution in [2.75, 3.05) is 18.8 Å². The van der Waals surface area contributed by atoms with Crippen molar-refractivity contribution in [3.8, 4) is 0 Å². The Bertz CT molecular complexity index is 507. The minimum absolute atomic E-state index is 0.0282. The number of ether oxygens (including phenoxy) is 1. The summed E-state index contributed by atoms with van der Waals surface area (Å²) in [6.45, 7) is 4.39. The zero-order chi connectivity index (χ0) is 15.9. The van der Waals surface area contributed by atoms with Crippen LogP contribution in [-0.2, 0) is 14.3 Å². The van der Waals surface area contributed by atoms with Gasteiger partial charge in [-0.15, -0.1) is 0 Å². The van der Waals surface area contributed by atoms with Crippen LogP contribution in [0.25, 0.3) is 0 Å². The van der Waals surface area contributed by atoms with Crippen LogP contribution in [0.3, 0.4) is 0 Å². The Hall–Kier alpha value is -2.08. The average Bonchev–Trinajstić information content (AvgIpc) is 2.54. The molecule has 1 aliphatic heterocycles. The van der Waals surface area contributed by atoms with E-state index in [4.69, 9.17) is 4.74 Å². The first-order valence-electron chi connectivity index (χ1n) is 7.62. The molecule has 6 heteroatoms. The number of nitrogens with zero attached hydrogens (tertiary/aromatic N) is 1. The van der Waals surface area contributed by atoms with Crippen LogP contribution >= 0.6 is 0 Å². The molecule has 0 aromatic heterocycles. The number of para-hydroxylation sites is 1. The molecule has 0 saturated carbocycles. The van der Waals surface area contributed by atoms with E-state index in [1.54, 1.807) is 0 Å². The molecule has 120 valence electrons. The summed E-state index contributed by atoms with van der Waals surface area (Å²) >= 11 is 0. The molecule has 1 unspecified atom stereocenters. The predicted molar refractivity (Wildman–Crippen MR) is 83.7 cm³/mol. The summed E-state index contributed by atoms with van der Waals surface area (Å²) < 4.78 is 5.41. The third kappa shape index (κ3) is 3.98. The van der Waals surface area contributed by atoms with Gasteiger partial charge in [0.15, 0.2) is 0 Å². The summed E-state index contributed by atoms with van der Waals surface area (Å²) in [6, 6.07) is 8.84. The molecule has 1 aromatic carbocycles. The predicted octanol–water partition coefficient (Wildman–Crippen LogP) is 1.75. The van der Waals surface area contributed by atoms with Gasteiger partial charge in [0.1, 0.15) is 12.8 Å². The topological polar surface area (TPSA) is 70.7 Å². The van der Waals surface area contributed by atoms with E-state index in [-0.39, 0.29) is 24.5 Å². The van der Waals surface area contributed by atoms with Crippen LogP contribution < -0.4 is 10.9 Å². The van der Waals surface area contributed by atoms with Crippen LogP contribution in [0.5, 0.6) is 0 Å². The average molecular weight is 305 g/mol. The van der Waals surface area contributed by atoms with E-state index in [0.29, 0.717) is 13.0 Å². The highest BCUT2D eigenvalue weighted by Gasteiger charge is 2.34.